The van der Waals surface area contributed by atoms with Gasteiger partial charge in [-0.3, -0.25) is 9.69 Å². The number of imidazole rings is 1. The number of likely N-dealkylation sites (tertiary alicyclic amines) is 1. The zero-order valence-corrected chi connectivity index (χ0v) is 24.8. The van der Waals surface area contributed by atoms with Gasteiger partial charge in [0.25, 0.3) is 0 Å². The van der Waals surface area contributed by atoms with Gasteiger partial charge in [-0.05, 0) is 101 Å². The summed E-state index contributed by atoms with van der Waals surface area (Å²) in [4.78, 5) is 21.7. The summed E-state index contributed by atoms with van der Waals surface area (Å²) in [5.41, 5.74) is 3.61. The van der Waals surface area contributed by atoms with Gasteiger partial charge in [-0.25, -0.2) is 4.98 Å². The molecule has 1 aliphatic heterocycles. The molecular formula is C31H53N5O2. The van der Waals surface area contributed by atoms with Crippen molar-refractivity contribution in [2.45, 2.75) is 92.2 Å². The van der Waals surface area contributed by atoms with Gasteiger partial charge in [-0.2, -0.15) is 0 Å². The lowest BCUT2D eigenvalue weighted by Crippen LogP contribution is -2.31. The number of hydrogen-bond donors (Lipinski definition) is 1. The standard InChI is InChI=1S/C31H53N5O2/c1-25(2)14-21-35(22-15-26(3)4)24-27-12-13-28-29(23-27)36(20-10-19-34-17-7-6-8-18-34)31(33-28)32-16-9-11-30(37)38-5/h12-13,23,25-26H,6-11,14-22,24H2,1-5H3,(H,32,33). The molecule has 7 nitrogen and oxygen atoms in total. The van der Waals surface area contributed by atoms with Crippen molar-refractivity contribution in [2.75, 3.05) is 51.7 Å². The maximum absolute atomic E-state index is 11.5. The van der Waals surface area contributed by atoms with E-state index < -0.39 is 0 Å². The van der Waals surface area contributed by atoms with Crippen molar-refractivity contribution in [2.24, 2.45) is 11.8 Å². The van der Waals surface area contributed by atoms with Crippen LogP contribution in [-0.2, 0) is 22.6 Å². The van der Waals surface area contributed by atoms with E-state index >= 15 is 0 Å². The molecule has 0 aliphatic carbocycles. The Bertz CT molecular complexity index is 953. The Morgan fingerprint density at radius 1 is 1.03 bits per heavy atom. The van der Waals surface area contributed by atoms with Gasteiger partial charge >= 0.3 is 5.97 Å². The van der Waals surface area contributed by atoms with E-state index in [0.717, 1.165) is 57.0 Å². The molecule has 1 aromatic heterocycles. The first kappa shape index (κ1) is 30.4. The molecule has 38 heavy (non-hydrogen) atoms. The molecule has 0 amide bonds. The van der Waals surface area contributed by atoms with Gasteiger partial charge in [0.05, 0.1) is 18.1 Å². The number of carbonyl (C=O) groups excluding carboxylic acids is 1. The van der Waals surface area contributed by atoms with Gasteiger partial charge in [-0.1, -0.05) is 40.2 Å². The van der Waals surface area contributed by atoms with E-state index in [4.69, 9.17) is 9.72 Å². The normalized spacial score (nSPS) is 14.7. The summed E-state index contributed by atoms with van der Waals surface area (Å²) in [5.74, 6) is 2.18. The van der Waals surface area contributed by atoms with Crippen LogP contribution in [0.2, 0.25) is 0 Å². The summed E-state index contributed by atoms with van der Waals surface area (Å²) in [6.45, 7) is 17.8. The maximum Gasteiger partial charge on any atom is 0.305 e. The molecule has 3 rings (SSSR count). The van der Waals surface area contributed by atoms with Crippen LogP contribution in [0.25, 0.3) is 11.0 Å². The Kier molecular flexibility index (Phi) is 12.9. The van der Waals surface area contributed by atoms with Crippen LogP contribution in [0.4, 0.5) is 5.95 Å². The van der Waals surface area contributed by atoms with Crippen molar-refractivity contribution in [3.63, 3.8) is 0 Å². The largest absolute Gasteiger partial charge is 0.469 e. The monoisotopic (exact) mass is 527 g/mol. The first-order valence-corrected chi connectivity index (χ1v) is 15.1. The fraction of sp³-hybridized carbons (Fsp3) is 0.742. The number of carbonyl (C=O) groups is 1. The van der Waals surface area contributed by atoms with E-state index in [0.29, 0.717) is 24.8 Å². The summed E-state index contributed by atoms with van der Waals surface area (Å²) in [6, 6.07) is 6.81. The third kappa shape index (κ3) is 10.2. The van der Waals surface area contributed by atoms with Crippen molar-refractivity contribution in [3.8, 4) is 0 Å². The van der Waals surface area contributed by atoms with Crippen LogP contribution in [0.3, 0.4) is 0 Å². The zero-order chi connectivity index (χ0) is 27.3. The summed E-state index contributed by atoms with van der Waals surface area (Å²) >= 11 is 0. The van der Waals surface area contributed by atoms with Crippen LogP contribution in [0.15, 0.2) is 18.2 Å². The number of hydrogen-bond acceptors (Lipinski definition) is 6. The van der Waals surface area contributed by atoms with Crippen molar-refractivity contribution < 1.29 is 9.53 Å². The average molecular weight is 528 g/mol. The number of nitrogens with one attached hydrogen (secondary N) is 1. The third-order valence-electron chi connectivity index (χ3n) is 7.64. The van der Waals surface area contributed by atoms with Crippen LogP contribution in [0, 0.1) is 11.8 Å². The molecule has 1 aromatic carbocycles. The predicted octanol–water partition coefficient (Wildman–Crippen LogP) is 6.17. The van der Waals surface area contributed by atoms with E-state index in [1.54, 1.807) is 0 Å². The minimum atomic E-state index is -0.161. The molecule has 0 radical (unpaired) electrons. The molecule has 0 atom stereocenters. The predicted molar refractivity (Wildman–Crippen MR) is 159 cm³/mol. The lowest BCUT2D eigenvalue weighted by molar-refractivity contribution is -0.140. The smallest absolute Gasteiger partial charge is 0.305 e. The lowest BCUT2D eigenvalue weighted by Gasteiger charge is -2.26. The highest BCUT2D eigenvalue weighted by molar-refractivity contribution is 5.79. The molecule has 0 saturated carbocycles. The van der Waals surface area contributed by atoms with Crippen LogP contribution < -0.4 is 5.32 Å². The second kappa shape index (κ2) is 16.1. The van der Waals surface area contributed by atoms with Crippen LogP contribution in [0.5, 0.6) is 0 Å². The summed E-state index contributed by atoms with van der Waals surface area (Å²) in [6.07, 6.45) is 8.75. The maximum atomic E-state index is 11.5. The number of rotatable bonds is 17. The zero-order valence-electron chi connectivity index (χ0n) is 24.8. The number of piperidine rings is 1. The summed E-state index contributed by atoms with van der Waals surface area (Å²) < 4.78 is 7.16. The first-order valence-electron chi connectivity index (χ1n) is 15.1. The highest BCUT2D eigenvalue weighted by atomic mass is 16.5. The van der Waals surface area contributed by atoms with Crippen molar-refractivity contribution in [1.29, 1.82) is 0 Å². The topological polar surface area (TPSA) is 62.6 Å². The number of aryl methyl sites for hydroxylation is 1. The van der Waals surface area contributed by atoms with Gasteiger partial charge in [0.15, 0.2) is 0 Å². The van der Waals surface area contributed by atoms with Gasteiger partial charge in [0.2, 0.25) is 5.95 Å². The second-order valence-corrected chi connectivity index (χ2v) is 11.9. The van der Waals surface area contributed by atoms with Crippen molar-refractivity contribution >= 4 is 23.0 Å². The Hall–Kier alpha value is -2.12. The van der Waals surface area contributed by atoms with Crippen LogP contribution in [-0.4, -0.2) is 71.7 Å². The SMILES string of the molecule is COC(=O)CCCNc1nc2ccc(CN(CCC(C)C)CCC(C)C)cc2n1CCCN1CCCCC1. The number of ether oxygens (including phenoxy) is 1. The molecule has 214 valence electrons. The molecule has 7 heteroatoms. The molecule has 0 unspecified atom stereocenters. The van der Waals surface area contributed by atoms with Crippen LogP contribution >= 0.6 is 0 Å². The highest BCUT2D eigenvalue weighted by Crippen LogP contribution is 2.23. The molecule has 0 bridgehead atoms. The Balaban J connectivity index is 1.75. The van der Waals surface area contributed by atoms with E-state index in [2.05, 4.69) is 65.6 Å². The molecule has 0 spiro atoms. The fourth-order valence-electron chi connectivity index (χ4n) is 5.21. The van der Waals surface area contributed by atoms with Gasteiger partial charge in [0.1, 0.15) is 0 Å². The molecule has 1 aliphatic rings. The average Bonchev–Trinajstić information content (AvgIpc) is 3.25. The number of fused-ring (bicyclic) bond motifs is 1. The second-order valence-electron chi connectivity index (χ2n) is 11.9. The molecule has 1 fully saturated rings. The van der Waals surface area contributed by atoms with Gasteiger partial charge in [0, 0.05) is 26.1 Å². The number of benzene rings is 1. The van der Waals surface area contributed by atoms with E-state index in [1.807, 2.05) is 0 Å². The number of methoxy groups -OCH3 is 1. The molecule has 2 heterocycles. The van der Waals surface area contributed by atoms with Crippen molar-refractivity contribution in [1.82, 2.24) is 19.4 Å². The quantitative estimate of drug-likeness (QED) is 0.196. The first-order chi connectivity index (χ1) is 18.4. The van der Waals surface area contributed by atoms with E-state index in [9.17, 15) is 4.79 Å². The van der Waals surface area contributed by atoms with Crippen molar-refractivity contribution in [3.05, 3.63) is 23.8 Å². The number of nitrogens with zero attached hydrogens (tertiary/aromatic N) is 4. The Labute approximate surface area is 231 Å². The molecule has 1 saturated heterocycles. The summed E-state index contributed by atoms with van der Waals surface area (Å²) in [5, 5.41) is 3.52. The minimum absolute atomic E-state index is 0.161. The molecule has 1 N–H and O–H groups in total. The lowest BCUT2D eigenvalue weighted by atomic mass is 10.1. The Morgan fingerprint density at radius 3 is 2.39 bits per heavy atom. The molecular weight excluding hydrogens is 474 g/mol. The Morgan fingerprint density at radius 2 is 1.74 bits per heavy atom. The van der Waals surface area contributed by atoms with E-state index in [-0.39, 0.29) is 5.97 Å². The number of aromatic nitrogens is 2. The number of anilines is 1. The van der Waals surface area contributed by atoms with E-state index in [1.165, 1.54) is 63.4 Å². The number of esters is 1. The van der Waals surface area contributed by atoms with Gasteiger partial charge < -0.3 is 19.5 Å². The fourth-order valence-corrected chi connectivity index (χ4v) is 5.21. The third-order valence-corrected chi connectivity index (χ3v) is 7.64. The molecule has 2 aromatic rings. The highest BCUT2D eigenvalue weighted by Gasteiger charge is 2.15. The summed E-state index contributed by atoms with van der Waals surface area (Å²) in [7, 11) is 1.45. The van der Waals surface area contributed by atoms with Gasteiger partial charge in [-0.15, -0.1) is 0 Å². The van der Waals surface area contributed by atoms with Crippen LogP contribution in [0.1, 0.15) is 84.6 Å². The minimum Gasteiger partial charge on any atom is -0.469 e.